The predicted molar refractivity (Wildman–Crippen MR) is 85.4 cm³/mol. The summed E-state index contributed by atoms with van der Waals surface area (Å²) in [6, 6.07) is 5.24. The number of para-hydroxylation sites is 1. The first-order valence-electron chi connectivity index (χ1n) is 8.54. The molecule has 1 aromatic carbocycles. The second-order valence-corrected chi connectivity index (χ2v) is 6.67. The van der Waals surface area contributed by atoms with Crippen LogP contribution in [0.3, 0.4) is 0 Å². The largest absolute Gasteiger partial charge is 0.480 e. The van der Waals surface area contributed by atoms with Gasteiger partial charge in [0.2, 0.25) is 5.91 Å². The summed E-state index contributed by atoms with van der Waals surface area (Å²) in [5.74, 6) is -1.17. The van der Waals surface area contributed by atoms with Gasteiger partial charge in [-0.15, -0.1) is 0 Å². The minimum absolute atomic E-state index is 0.0443. The quantitative estimate of drug-likeness (QED) is 0.883. The van der Waals surface area contributed by atoms with E-state index in [0.717, 1.165) is 25.7 Å². The summed E-state index contributed by atoms with van der Waals surface area (Å²) >= 11 is 0. The Kier molecular flexibility index (Phi) is 5.20. The zero-order valence-corrected chi connectivity index (χ0v) is 13.7. The summed E-state index contributed by atoms with van der Waals surface area (Å²) in [5.41, 5.74) is 0.344. The van der Waals surface area contributed by atoms with Crippen molar-refractivity contribution in [3.8, 4) is 5.75 Å². The summed E-state index contributed by atoms with van der Waals surface area (Å²) in [6.07, 6.45) is 4.10. The molecule has 1 aliphatic heterocycles. The van der Waals surface area contributed by atoms with Gasteiger partial charge in [-0.1, -0.05) is 31.0 Å². The Morgan fingerprint density at radius 3 is 2.68 bits per heavy atom. The number of ether oxygens (including phenoxy) is 1. The Morgan fingerprint density at radius 1 is 1.24 bits per heavy atom. The van der Waals surface area contributed by atoms with Crippen LogP contribution in [0.5, 0.6) is 5.75 Å². The number of carbonyl (C=O) groups is 2. The van der Waals surface area contributed by atoms with Gasteiger partial charge in [-0.3, -0.25) is 4.79 Å². The second-order valence-electron chi connectivity index (χ2n) is 6.67. The number of halogens is 2. The van der Waals surface area contributed by atoms with Crippen molar-refractivity contribution in [1.29, 1.82) is 0 Å². The van der Waals surface area contributed by atoms with E-state index in [9.17, 15) is 23.5 Å². The third-order valence-electron chi connectivity index (χ3n) is 5.19. The number of rotatable bonds is 5. The summed E-state index contributed by atoms with van der Waals surface area (Å²) in [6.45, 7) is -2.97. The zero-order valence-electron chi connectivity index (χ0n) is 13.7. The Balaban J connectivity index is 1.80. The van der Waals surface area contributed by atoms with Crippen LogP contribution in [0, 0.1) is 5.92 Å². The van der Waals surface area contributed by atoms with Crippen LogP contribution >= 0.6 is 0 Å². The van der Waals surface area contributed by atoms with Gasteiger partial charge < -0.3 is 14.7 Å². The molecule has 3 atom stereocenters. The van der Waals surface area contributed by atoms with E-state index in [-0.39, 0.29) is 30.0 Å². The normalized spacial score (nSPS) is 25.7. The van der Waals surface area contributed by atoms with Crippen molar-refractivity contribution in [2.45, 2.75) is 57.2 Å². The number of carboxylic acids is 1. The number of aliphatic carboxylic acids is 1. The predicted octanol–water partition coefficient (Wildman–Crippen LogP) is 3.07. The summed E-state index contributed by atoms with van der Waals surface area (Å²) in [4.78, 5) is 25.9. The third kappa shape index (κ3) is 3.75. The highest BCUT2D eigenvalue weighted by atomic mass is 19.3. The molecule has 0 bridgehead atoms. The molecule has 2 fully saturated rings. The molecule has 0 spiro atoms. The van der Waals surface area contributed by atoms with Gasteiger partial charge in [0.15, 0.2) is 0 Å². The molecule has 25 heavy (non-hydrogen) atoms. The summed E-state index contributed by atoms with van der Waals surface area (Å²) < 4.78 is 29.5. The van der Waals surface area contributed by atoms with Gasteiger partial charge in [-0.2, -0.15) is 8.78 Å². The molecule has 1 saturated carbocycles. The van der Waals surface area contributed by atoms with Crippen LogP contribution in [0.25, 0.3) is 0 Å². The van der Waals surface area contributed by atoms with Gasteiger partial charge >= 0.3 is 12.6 Å². The Morgan fingerprint density at radius 2 is 1.96 bits per heavy atom. The van der Waals surface area contributed by atoms with Gasteiger partial charge in [-0.05, 0) is 31.2 Å². The van der Waals surface area contributed by atoms with Crippen molar-refractivity contribution in [2.24, 2.45) is 5.92 Å². The third-order valence-corrected chi connectivity index (χ3v) is 5.19. The van der Waals surface area contributed by atoms with E-state index < -0.39 is 18.6 Å². The molecule has 1 aromatic rings. The molecule has 1 N–H and O–H groups in total. The molecule has 5 nitrogen and oxygen atoms in total. The molecule has 3 unspecified atom stereocenters. The number of carboxylic acid groups (broad SMARTS) is 1. The van der Waals surface area contributed by atoms with Crippen LogP contribution in [0.2, 0.25) is 0 Å². The first kappa shape index (κ1) is 17.6. The Hall–Kier alpha value is -2.18. The van der Waals surface area contributed by atoms with Crippen molar-refractivity contribution in [3.05, 3.63) is 29.8 Å². The Bertz CT molecular complexity index is 652. The van der Waals surface area contributed by atoms with E-state index in [2.05, 4.69) is 4.74 Å². The van der Waals surface area contributed by atoms with Gasteiger partial charge in [0.1, 0.15) is 11.8 Å². The molecule has 7 heteroatoms. The number of likely N-dealkylation sites (tertiary alicyclic amines) is 1. The maximum Gasteiger partial charge on any atom is 0.387 e. The van der Waals surface area contributed by atoms with Crippen LogP contribution in [0.4, 0.5) is 8.78 Å². The highest BCUT2D eigenvalue weighted by Gasteiger charge is 2.47. The van der Waals surface area contributed by atoms with Crippen LogP contribution in [0.1, 0.15) is 37.7 Å². The van der Waals surface area contributed by atoms with E-state index >= 15 is 0 Å². The number of carbonyl (C=O) groups excluding carboxylic acids is 1. The number of hydrogen-bond acceptors (Lipinski definition) is 3. The van der Waals surface area contributed by atoms with Crippen molar-refractivity contribution in [1.82, 2.24) is 4.90 Å². The number of hydrogen-bond donors (Lipinski definition) is 1. The van der Waals surface area contributed by atoms with Crippen molar-refractivity contribution < 1.29 is 28.2 Å². The Labute approximate surface area is 144 Å². The maximum absolute atomic E-state index is 12.8. The highest BCUT2D eigenvalue weighted by Crippen LogP contribution is 2.40. The molecule has 0 radical (unpaired) electrons. The lowest BCUT2D eigenvalue weighted by Crippen LogP contribution is -2.46. The van der Waals surface area contributed by atoms with E-state index in [1.165, 1.54) is 11.0 Å². The fourth-order valence-corrected chi connectivity index (χ4v) is 4.15. The number of alkyl halides is 2. The number of fused-ring (bicyclic) bond motifs is 1. The van der Waals surface area contributed by atoms with Gasteiger partial charge in [-0.25, -0.2) is 4.79 Å². The zero-order chi connectivity index (χ0) is 18.0. The lowest BCUT2D eigenvalue weighted by atomic mass is 9.84. The monoisotopic (exact) mass is 353 g/mol. The fourth-order valence-electron chi connectivity index (χ4n) is 4.15. The summed E-state index contributed by atoms with van der Waals surface area (Å²) in [5, 5.41) is 9.50. The van der Waals surface area contributed by atoms with Crippen LogP contribution in [0.15, 0.2) is 24.3 Å². The van der Waals surface area contributed by atoms with Gasteiger partial charge in [0, 0.05) is 11.6 Å². The van der Waals surface area contributed by atoms with Crippen molar-refractivity contribution >= 4 is 11.9 Å². The van der Waals surface area contributed by atoms with Crippen LogP contribution < -0.4 is 4.74 Å². The second kappa shape index (κ2) is 7.37. The molecular weight excluding hydrogens is 332 g/mol. The van der Waals surface area contributed by atoms with E-state index in [4.69, 9.17) is 0 Å². The molecule has 1 aliphatic carbocycles. The van der Waals surface area contributed by atoms with Crippen LogP contribution in [-0.4, -0.2) is 40.6 Å². The van der Waals surface area contributed by atoms with E-state index in [1.54, 1.807) is 18.2 Å². The van der Waals surface area contributed by atoms with Crippen molar-refractivity contribution in [2.75, 3.05) is 0 Å². The smallest absolute Gasteiger partial charge is 0.387 e. The lowest BCUT2D eigenvalue weighted by Gasteiger charge is -2.33. The van der Waals surface area contributed by atoms with Crippen LogP contribution in [-0.2, 0) is 16.0 Å². The molecule has 136 valence electrons. The number of nitrogens with zero attached hydrogens (tertiary/aromatic N) is 1. The summed E-state index contributed by atoms with van der Waals surface area (Å²) in [7, 11) is 0. The molecule has 0 aromatic heterocycles. The minimum atomic E-state index is -2.97. The lowest BCUT2D eigenvalue weighted by molar-refractivity contribution is -0.149. The van der Waals surface area contributed by atoms with Crippen molar-refractivity contribution in [3.63, 3.8) is 0 Å². The molecule has 3 rings (SSSR count). The fraction of sp³-hybridized carbons (Fsp3) is 0.556. The highest BCUT2D eigenvalue weighted by molar-refractivity contribution is 5.86. The molecular formula is C18H21F2NO4. The number of benzene rings is 1. The SMILES string of the molecule is O=C(O)C1CC2CCCCC2N1C(=O)Cc1ccccc1OC(F)F. The molecule has 1 amide bonds. The van der Waals surface area contributed by atoms with Gasteiger partial charge in [0.05, 0.1) is 6.42 Å². The van der Waals surface area contributed by atoms with E-state index in [1.807, 2.05) is 0 Å². The molecule has 2 aliphatic rings. The molecule has 1 saturated heterocycles. The minimum Gasteiger partial charge on any atom is -0.480 e. The number of amides is 1. The average Bonchev–Trinajstić information content (AvgIpc) is 2.96. The first-order valence-corrected chi connectivity index (χ1v) is 8.54. The standard InChI is InChI=1S/C18H21F2NO4/c19-18(20)25-15-8-4-2-6-12(15)10-16(22)21-13-7-3-1-5-11(13)9-14(21)17(23)24/h2,4,6,8,11,13-14,18H,1,3,5,7,9-10H2,(H,23,24). The first-order chi connectivity index (χ1) is 12.0. The topological polar surface area (TPSA) is 66.8 Å². The average molecular weight is 353 g/mol. The van der Waals surface area contributed by atoms with Gasteiger partial charge in [0.25, 0.3) is 0 Å². The maximum atomic E-state index is 12.8. The molecule has 1 heterocycles. The van der Waals surface area contributed by atoms with E-state index in [0.29, 0.717) is 12.0 Å².